The number of hydrogen-bond acceptors (Lipinski definition) is 3. The minimum Gasteiger partial charge on any atom is -0.326 e. The molecule has 102 valence electrons. The molecule has 0 aliphatic heterocycles. The summed E-state index contributed by atoms with van der Waals surface area (Å²) < 4.78 is 1.75. The fraction of sp³-hybridized carbons (Fsp3) is 0.200. The van der Waals surface area contributed by atoms with Crippen LogP contribution in [0.15, 0.2) is 54.9 Å². The molecule has 1 aromatic heterocycles. The van der Waals surface area contributed by atoms with Crippen LogP contribution in [0.25, 0.3) is 5.69 Å². The minimum atomic E-state index is -0.140. The molecular weight excluding hydrogens is 252 g/mol. The van der Waals surface area contributed by atoms with E-state index < -0.39 is 0 Å². The molecule has 2 atom stereocenters. The van der Waals surface area contributed by atoms with Crippen molar-refractivity contribution in [2.45, 2.75) is 12.5 Å². The van der Waals surface area contributed by atoms with Crippen LogP contribution in [0.1, 0.15) is 6.42 Å². The van der Waals surface area contributed by atoms with Crippen LogP contribution in [-0.4, -0.2) is 21.7 Å². The lowest BCUT2D eigenvalue weighted by atomic mass is 10.1. The van der Waals surface area contributed by atoms with E-state index in [4.69, 9.17) is 5.73 Å². The molecule has 1 aliphatic rings. The molecule has 0 saturated heterocycles. The number of amides is 1. The van der Waals surface area contributed by atoms with Gasteiger partial charge in [0.1, 0.15) is 0 Å². The normalized spacial score (nSPS) is 21.1. The van der Waals surface area contributed by atoms with Gasteiger partial charge in [-0.1, -0.05) is 18.2 Å². The van der Waals surface area contributed by atoms with Crippen LogP contribution in [0.5, 0.6) is 0 Å². The van der Waals surface area contributed by atoms with E-state index in [1.54, 1.807) is 10.9 Å². The van der Waals surface area contributed by atoms with E-state index in [-0.39, 0.29) is 17.9 Å². The Kier molecular flexibility index (Phi) is 3.35. The summed E-state index contributed by atoms with van der Waals surface area (Å²) in [4.78, 5) is 12.1. The molecule has 1 aromatic carbocycles. The molecule has 1 aliphatic carbocycles. The van der Waals surface area contributed by atoms with Crippen LogP contribution < -0.4 is 11.1 Å². The second kappa shape index (κ2) is 5.30. The van der Waals surface area contributed by atoms with Crippen LogP contribution >= 0.6 is 0 Å². The quantitative estimate of drug-likeness (QED) is 0.832. The molecule has 1 amide bonds. The third-order valence-electron chi connectivity index (χ3n) is 3.34. The van der Waals surface area contributed by atoms with Crippen molar-refractivity contribution < 1.29 is 4.79 Å². The van der Waals surface area contributed by atoms with Crippen molar-refractivity contribution in [3.05, 3.63) is 54.9 Å². The van der Waals surface area contributed by atoms with Gasteiger partial charge in [0, 0.05) is 24.1 Å². The van der Waals surface area contributed by atoms with Gasteiger partial charge in [-0.15, -0.1) is 0 Å². The summed E-state index contributed by atoms with van der Waals surface area (Å²) in [5.41, 5.74) is 7.44. The van der Waals surface area contributed by atoms with Gasteiger partial charge in [0.15, 0.2) is 0 Å². The lowest BCUT2D eigenvalue weighted by Gasteiger charge is -2.11. The number of benzene rings is 1. The molecule has 5 nitrogen and oxygen atoms in total. The molecule has 3 rings (SSSR count). The Balaban J connectivity index is 1.73. The predicted octanol–water partition coefficient (Wildman–Crippen LogP) is 1.71. The van der Waals surface area contributed by atoms with Crippen LogP contribution in [-0.2, 0) is 4.79 Å². The van der Waals surface area contributed by atoms with E-state index in [2.05, 4.69) is 10.4 Å². The molecular formula is C15H16N4O. The van der Waals surface area contributed by atoms with Crippen molar-refractivity contribution in [3.63, 3.8) is 0 Å². The Labute approximate surface area is 117 Å². The van der Waals surface area contributed by atoms with E-state index in [9.17, 15) is 4.79 Å². The van der Waals surface area contributed by atoms with Crippen molar-refractivity contribution >= 4 is 11.6 Å². The SMILES string of the molecule is NC1C=CC(C(=O)Nc2cccc(-n3cccn3)c2)C1. The van der Waals surface area contributed by atoms with E-state index >= 15 is 0 Å². The van der Waals surface area contributed by atoms with Crippen LogP contribution in [0.3, 0.4) is 0 Å². The average molecular weight is 268 g/mol. The molecule has 0 fully saturated rings. The zero-order chi connectivity index (χ0) is 13.9. The number of nitrogens with two attached hydrogens (primary N) is 1. The predicted molar refractivity (Wildman–Crippen MR) is 77.4 cm³/mol. The van der Waals surface area contributed by atoms with Gasteiger partial charge in [-0.25, -0.2) is 4.68 Å². The molecule has 0 saturated carbocycles. The number of rotatable bonds is 3. The van der Waals surface area contributed by atoms with E-state index in [0.717, 1.165) is 11.4 Å². The first-order valence-corrected chi connectivity index (χ1v) is 6.57. The van der Waals surface area contributed by atoms with Gasteiger partial charge in [0.2, 0.25) is 5.91 Å². The zero-order valence-electron chi connectivity index (χ0n) is 10.9. The molecule has 5 heteroatoms. The second-order valence-corrected chi connectivity index (χ2v) is 4.88. The highest BCUT2D eigenvalue weighted by atomic mass is 16.1. The summed E-state index contributed by atoms with van der Waals surface area (Å²) in [5, 5.41) is 7.09. The first kappa shape index (κ1) is 12.6. The van der Waals surface area contributed by atoms with E-state index in [1.807, 2.05) is 48.7 Å². The Morgan fingerprint density at radius 2 is 2.25 bits per heavy atom. The number of nitrogens with one attached hydrogen (secondary N) is 1. The smallest absolute Gasteiger partial charge is 0.231 e. The summed E-state index contributed by atoms with van der Waals surface area (Å²) in [7, 11) is 0. The van der Waals surface area contributed by atoms with Gasteiger partial charge >= 0.3 is 0 Å². The number of carbonyl (C=O) groups is 1. The Bertz CT molecular complexity index is 633. The highest BCUT2D eigenvalue weighted by Crippen LogP contribution is 2.20. The number of aromatic nitrogens is 2. The maximum atomic E-state index is 12.1. The highest BCUT2D eigenvalue weighted by molar-refractivity contribution is 5.94. The number of carbonyl (C=O) groups excluding carboxylic acids is 1. The van der Waals surface area contributed by atoms with Crippen LogP contribution in [0, 0.1) is 5.92 Å². The summed E-state index contributed by atoms with van der Waals surface area (Å²) in [5.74, 6) is -0.162. The van der Waals surface area contributed by atoms with Crippen molar-refractivity contribution in [1.29, 1.82) is 0 Å². The molecule has 3 N–H and O–H groups in total. The van der Waals surface area contributed by atoms with Gasteiger partial charge in [-0.05, 0) is 30.7 Å². The number of hydrogen-bond donors (Lipinski definition) is 2. The Morgan fingerprint density at radius 1 is 1.35 bits per heavy atom. The van der Waals surface area contributed by atoms with Crippen molar-refractivity contribution in [2.24, 2.45) is 11.7 Å². The van der Waals surface area contributed by atoms with Crippen molar-refractivity contribution in [3.8, 4) is 5.69 Å². The number of nitrogens with zero attached hydrogens (tertiary/aromatic N) is 2. The molecule has 1 heterocycles. The van der Waals surface area contributed by atoms with E-state index in [0.29, 0.717) is 6.42 Å². The largest absolute Gasteiger partial charge is 0.326 e. The van der Waals surface area contributed by atoms with Gasteiger partial charge < -0.3 is 11.1 Å². The second-order valence-electron chi connectivity index (χ2n) is 4.88. The molecule has 20 heavy (non-hydrogen) atoms. The summed E-state index contributed by atoms with van der Waals surface area (Å²) in [6.07, 6.45) is 8.00. The topological polar surface area (TPSA) is 72.9 Å². The molecule has 0 spiro atoms. The number of anilines is 1. The molecule has 0 bridgehead atoms. The van der Waals surface area contributed by atoms with Gasteiger partial charge in [0.05, 0.1) is 11.6 Å². The van der Waals surface area contributed by atoms with E-state index in [1.165, 1.54) is 0 Å². The lowest BCUT2D eigenvalue weighted by Crippen LogP contribution is -2.24. The third-order valence-corrected chi connectivity index (χ3v) is 3.34. The highest BCUT2D eigenvalue weighted by Gasteiger charge is 2.22. The fourth-order valence-electron chi connectivity index (χ4n) is 2.30. The summed E-state index contributed by atoms with van der Waals surface area (Å²) in [6, 6.07) is 9.43. The molecule has 0 radical (unpaired) electrons. The van der Waals surface area contributed by atoms with Crippen molar-refractivity contribution in [1.82, 2.24) is 9.78 Å². The lowest BCUT2D eigenvalue weighted by molar-refractivity contribution is -0.118. The first-order chi connectivity index (χ1) is 9.72. The van der Waals surface area contributed by atoms with Crippen LogP contribution in [0.4, 0.5) is 5.69 Å². The summed E-state index contributed by atoms with van der Waals surface area (Å²) in [6.45, 7) is 0. The molecule has 2 unspecified atom stereocenters. The average Bonchev–Trinajstić information content (AvgIpc) is 3.10. The fourth-order valence-corrected chi connectivity index (χ4v) is 2.30. The van der Waals surface area contributed by atoms with Gasteiger partial charge in [-0.2, -0.15) is 5.10 Å². The monoisotopic (exact) mass is 268 g/mol. The standard InChI is InChI=1S/C15H16N4O/c16-12-6-5-11(9-12)15(20)18-13-3-1-4-14(10-13)19-8-2-7-17-19/h1-8,10-12H,9,16H2,(H,18,20). The van der Waals surface area contributed by atoms with Crippen molar-refractivity contribution in [2.75, 3.05) is 5.32 Å². The summed E-state index contributed by atoms with van der Waals surface area (Å²) >= 11 is 0. The maximum absolute atomic E-state index is 12.1. The first-order valence-electron chi connectivity index (χ1n) is 6.57. The van der Waals surface area contributed by atoms with Crippen LogP contribution in [0.2, 0.25) is 0 Å². The van der Waals surface area contributed by atoms with Gasteiger partial charge in [-0.3, -0.25) is 4.79 Å². The third kappa shape index (κ3) is 2.62. The van der Waals surface area contributed by atoms with Gasteiger partial charge in [0.25, 0.3) is 0 Å². The maximum Gasteiger partial charge on any atom is 0.231 e. The zero-order valence-corrected chi connectivity index (χ0v) is 10.9. The Hall–Kier alpha value is -2.40. The Morgan fingerprint density at radius 3 is 2.95 bits per heavy atom. The minimum absolute atomic E-state index is 0.0128. The molecule has 2 aromatic rings.